The van der Waals surface area contributed by atoms with Crippen molar-refractivity contribution < 1.29 is 24.2 Å². The van der Waals surface area contributed by atoms with Crippen LogP contribution in [0.1, 0.15) is 37.8 Å². The van der Waals surface area contributed by atoms with E-state index in [2.05, 4.69) is 16.0 Å². The molecule has 1 saturated carbocycles. The molecule has 2 aromatic carbocycles. The fourth-order valence-electron chi connectivity index (χ4n) is 5.11. The average molecular weight is 549 g/mol. The number of nitrogens with zero attached hydrogens (tertiary/aromatic N) is 1. The summed E-state index contributed by atoms with van der Waals surface area (Å²) in [5, 5.41) is 20.1. The third-order valence-corrected chi connectivity index (χ3v) is 7.26. The van der Waals surface area contributed by atoms with Crippen molar-refractivity contribution in [2.75, 3.05) is 26.7 Å². The largest absolute Gasteiger partial charge is 0.492 e. The maximum absolute atomic E-state index is 13.7. The van der Waals surface area contributed by atoms with Crippen molar-refractivity contribution >= 4 is 23.8 Å². The smallest absolute Gasteiger partial charge is 0.246 e. The lowest BCUT2D eigenvalue weighted by atomic mass is 9.94. The van der Waals surface area contributed by atoms with Crippen LogP contribution in [0.2, 0.25) is 0 Å². The quantitative estimate of drug-likeness (QED) is 0.464. The first kappa shape index (κ1) is 29.3. The van der Waals surface area contributed by atoms with Gasteiger partial charge in [-0.2, -0.15) is 0 Å². The van der Waals surface area contributed by atoms with E-state index in [-0.39, 0.29) is 30.7 Å². The number of para-hydroxylation sites is 1. The van der Waals surface area contributed by atoms with Crippen molar-refractivity contribution in [3.8, 4) is 5.75 Å². The number of carbonyl (C=O) groups excluding carboxylic acids is 3. The fourth-order valence-corrected chi connectivity index (χ4v) is 5.11. The van der Waals surface area contributed by atoms with Gasteiger partial charge in [0.2, 0.25) is 17.7 Å². The second-order valence-corrected chi connectivity index (χ2v) is 11.1. The van der Waals surface area contributed by atoms with Crippen molar-refractivity contribution in [1.29, 1.82) is 0 Å². The van der Waals surface area contributed by atoms with E-state index in [1.165, 1.54) is 25.8 Å². The summed E-state index contributed by atoms with van der Waals surface area (Å²) in [6.45, 7) is 4.02. The van der Waals surface area contributed by atoms with Crippen LogP contribution >= 0.6 is 0 Å². The second-order valence-electron chi connectivity index (χ2n) is 11.1. The molecule has 0 saturated heterocycles. The van der Waals surface area contributed by atoms with Gasteiger partial charge in [0.1, 0.15) is 24.4 Å². The highest BCUT2D eigenvalue weighted by Crippen LogP contribution is 2.34. The van der Waals surface area contributed by atoms with E-state index in [0.717, 1.165) is 24.0 Å². The highest BCUT2D eigenvalue weighted by atomic mass is 16.5. The van der Waals surface area contributed by atoms with Gasteiger partial charge in [0.25, 0.3) is 0 Å². The van der Waals surface area contributed by atoms with Gasteiger partial charge < -0.3 is 30.7 Å². The van der Waals surface area contributed by atoms with E-state index in [9.17, 15) is 19.5 Å². The zero-order chi connectivity index (χ0) is 28.7. The summed E-state index contributed by atoms with van der Waals surface area (Å²) >= 11 is 0. The number of nitrogens with one attached hydrogen (secondary N) is 3. The van der Waals surface area contributed by atoms with Crippen molar-refractivity contribution in [2.24, 2.45) is 5.92 Å². The minimum absolute atomic E-state index is 0.151. The lowest BCUT2D eigenvalue weighted by molar-refractivity contribution is -0.150. The first-order valence-corrected chi connectivity index (χ1v) is 13.9. The monoisotopic (exact) mass is 548 g/mol. The molecular weight excluding hydrogens is 508 g/mol. The zero-order valence-corrected chi connectivity index (χ0v) is 23.4. The maximum atomic E-state index is 13.7. The summed E-state index contributed by atoms with van der Waals surface area (Å²) in [6, 6.07) is 14.4. The molecule has 1 aliphatic carbocycles. The molecule has 40 heavy (non-hydrogen) atoms. The van der Waals surface area contributed by atoms with Gasteiger partial charge in [-0.25, -0.2) is 0 Å². The number of rotatable bonds is 4. The van der Waals surface area contributed by atoms with Crippen LogP contribution in [0.3, 0.4) is 0 Å². The van der Waals surface area contributed by atoms with Crippen LogP contribution < -0.4 is 20.7 Å². The van der Waals surface area contributed by atoms with Gasteiger partial charge in [0, 0.05) is 32.1 Å². The molecule has 2 aromatic rings. The number of fused-ring (bicyclic) bond motifs is 1. The summed E-state index contributed by atoms with van der Waals surface area (Å²) in [5.41, 5.74) is 0.177. The van der Waals surface area contributed by atoms with Crippen molar-refractivity contribution in [3.63, 3.8) is 0 Å². The maximum Gasteiger partial charge on any atom is 0.246 e. The van der Waals surface area contributed by atoms with E-state index < -0.39 is 29.6 Å². The van der Waals surface area contributed by atoms with Gasteiger partial charge in [-0.3, -0.25) is 14.4 Å². The third kappa shape index (κ3) is 7.70. The van der Waals surface area contributed by atoms with Crippen molar-refractivity contribution in [2.45, 2.75) is 56.8 Å². The number of ether oxygens (including phenoxy) is 1. The summed E-state index contributed by atoms with van der Waals surface area (Å²) in [5.74, 6) is -0.386. The lowest BCUT2D eigenvalue weighted by Crippen LogP contribution is -2.63. The summed E-state index contributed by atoms with van der Waals surface area (Å²) in [6.07, 6.45) is 5.78. The highest BCUT2D eigenvalue weighted by molar-refractivity contribution is 5.94. The molecule has 9 nitrogen and oxygen atoms in total. The topological polar surface area (TPSA) is 120 Å². The van der Waals surface area contributed by atoms with E-state index in [1.54, 1.807) is 0 Å². The molecule has 0 spiro atoms. The van der Waals surface area contributed by atoms with Gasteiger partial charge in [-0.15, -0.1) is 0 Å². The third-order valence-electron chi connectivity index (χ3n) is 7.26. The number of likely N-dealkylation sites (N-methyl/N-ethyl adjacent to an activating group) is 1. The molecule has 4 rings (SSSR count). The molecule has 0 unspecified atom stereocenters. The Morgan fingerprint density at radius 2 is 1.70 bits per heavy atom. The number of hydrogen-bond acceptors (Lipinski definition) is 6. The minimum Gasteiger partial charge on any atom is -0.492 e. The number of carbonyl (C=O) groups is 3. The summed E-state index contributed by atoms with van der Waals surface area (Å²) < 4.78 is 6.01. The molecular formula is C31H40N4O5. The molecule has 3 atom stereocenters. The Hall–Kier alpha value is -3.69. The zero-order valence-electron chi connectivity index (χ0n) is 23.4. The van der Waals surface area contributed by atoms with Gasteiger partial charge in [0.15, 0.2) is 0 Å². The Kier molecular flexibility index (Phi) is 9.60. The van der Waals surface area contributed by atoms with Crippen molar-refractivity contribution in [1.82, 2.24) is 20.9 Å². The first-order valence-electron chi connectivity index (χ1n) is 13.9. The van der Waals surface area contributed by atoms with Crippen LogP contribution in [0.5, 0.6) is 5.75 Å². The first-order chi connectivity index (χ1) is 19.1. The molecule has 4 N–H and O–H groups in total. The Labute approximate surface area is 236 Å². The number of hydrogen-bond donors (Lipinski definition) is 4. The average Bonchev–Trinajstić information content (AvgIpc) is 3.75. The van der Waals surface area contributed by atoms with Gasteiger partial charge in [0.05, 0.1) is 11.6 Å². The number of benzene rings is 2. The molecule has 1 fully saturated rings. The summed E-state index contributed by atoms with van der Waals surface area (Å²) in [4.78, 5) is 42.0. The Morgan fingerprint density at radius 1 is 1.00 bits per heavy atom. The Bertz CT molecular complexity index is 1210. The highest BCUT2D eigenvalue weighted by Gasteiger charge is 2.44. The Morgan fingerprint density at radius 3 is 2.40 bits per heavy atom. The molecule has 1 heterocycles. The van der Waals surface area contributed by atoms with Crippen molar-refractivity contribution in [3.05, 3.63) is 71.8 Å². The molecule has 0 bridgehead atoms. The van der Waals surface area contributed by atoms with Gasteiger partial charge in [-0.05, 0) is 44.2 Å². The fraction of sp³-hybridized carbons (Fsp3) is 0.452. The SMILES string of the molecule is CN1C(=O)[C@H](C2CC2)NCCOc2ccccc2C=CCNC(=O)[C@@H](Cc2ccccc2)NC(=O)[C@@H]1C(C)(C)O. The predicted octanol–water partition coefficient (Wildman–Crippen LogP) is 1.90. The predicted molar refractivity (Wildman–Crippen MR) is 153 cm³/mol. The lowest BCUT2D eigenvalue weighted by Gasteiger charge is -2.38. The van der Waals surface area contributed by atoms with E-state index in [1.807, 2.05) is 66.7 Å². The molecule has 2 aliphatic rings. The molecule has 3 amide bonds. The number of amides is 3. The molecule has 9 heteroatoms. The van der Waals surface area contributed by atoms with Crippen LogP contribution in [0.15, 0.2) is 60.7 Å². The molecule has 0 aromatic heterocycles. The molecule has 214 valence electrons. The van der Waals surface area contributed by atoms with Crippen LogP contribution in [-0.2, 0) is 20.8 Å². The van der Waals surface area contributed by atoms with E-state index >= 15 is 0 Å². The Balaban J connectivity index is 1.65. The van der Waals surface area contributed by atoms with Crippen LogP contribution in [0.4, 0.5) is 0 Å². The van der Waals surface area contributed by atoms with Gasteiger partial charge in [-0.1, -0.05) is 60.7 Å². The van der Waals surface area contributed by atoms with Gasteiger partial charge >= 0.3 is 0 Å². The van der Waals surface area contributed by atoms with Crippen LogP contribution in [0.25, 0.3) is 6.08 Å². The molecule has 0 radical (unpaired) electrons. The van der Waals surface area contributed by atoms with Crippen LogP contribution in [0, 0.1) is 5.92 Å². The number of aliphatic hydroxyl groups is 1. The standard InChI is InChI=1S/C31H40N4O5/c1-31(2,39)27-29(37)34-24(20-21-10-5-4-6-11-21)28(36)33-17-9-13-22-12-7-8-14-25(22)40-19-18-32-26(23-15-16-23)30(38)35(27)3/h4-14,23-24,26-27,32,39H,15-20H2,1-3H3,(H,33,36)(H,34,37)/t24-,26+,27-/m1/s1. The van der Waals surface area contributed by atoms with Crippen LogP contribution in [-0.4, -0.2) is 78.2 Å². The normalized spacial score (nSPS) is 23.8. The molecule has 1 aliphatic heterocycles. The second kappa shape index (κ2) is 13.1. The van der Waals surface area contributed by atoms with E-state index in [4.69, 9.17) is 4.74 Å². The van der Waals surface area contributed by atoms with E-state index in [0.29, 0.717) is 18.9 Å². The summed E-state index contributed by atoms with van der Waals surface area (Å²) in [7, 11) is 1.53. The minimum atomic E-state index is -1.56.